The number of hydrogen-bond donors (Lipinski definition) is 3. The second-order valence-corrected chi connectivity index (χ2v) is 9.70. The minimum absolute atomic E-state index is 0.164. The minimum Gasteiger partial charge on any atom is -0.339 e. The van der Waals surface area contributed by atoms with Gasteiger partial charge in [-0.25, -0.2) is 9.97 Å². The summed E-state index contributed by atoms with van der Waals surface area (Å²) in [5.41, 5.74) is 5.10. The third-order valence-electron chi connectivity index (χ3n) is 6.02. The van der Waals surface area contributed by atoms with Gasteiger partial charge < -0.3 is 16.0 Å². The Morgan fingerprint density at radius 2 is 1.94 bits per heavy atom. The van der Waals surface area contributed by atoms with Crippen LogP contribution in [-0.4, -0.2) is 33.8 Å². The molecular formula is C25H25ClN6OS. The first-order valence-electron chi connectivity index (χ1n) is 11.4. The fraction of sp³-hybridized carbons (Fsp3) is 0.280. The number of carbonyl (C=O) groups excluding carboxylic acids is 1. The molecule has 0 saturated carbocycles. The van der Waals surface area contributed by atoms with Crippen molar-refractivity contribution >= 4 is 62.1 Å². The van der Waals surface area contributed by atoms with Crippen molar-refractivity contribution in [2.24, 2.45) is 5.92 Å². The van der Waals surface area contributed by atoms with Gasteiger partial charge in [-0.1, -0.05) is 23.7 Å². The molecule has 5 rings (SSSR count). The van der Waals surface area contributed by atoms with E-state index in [1.165, 1.54) is 0 Å². The van der Waals surface area contributed by atoms with Crippen molar-refractivity contribution < 1.29 is 4.79 Å². The Morgan fingerprint density at radius 1 is 1.09 bits per heavy atom. The molecule has 4 aromatic rings. The highest BCUT2D eigenvalue weighted by atomic mass is 35.5. The van der Waals surface area contributed by atoms with Crippen LogP contribution in [0, 0.1) is 5.92 Å². The van der Waals surface area contributed by atoms with E-state index >= 15 is 0 Å². The van der Waals surface area contributed by atoms with Gasteiger partial charge in [0.1, 0.15) is 5.02 Å². The van der Waals surface area contributed by atoms with Crippen LogP contribution in [0.2, 0.25) is 5.02 Å². The Hall–Kier alpha value is -3.07. The molecule has 2 aromatic heterocycles. The third-order valence-corrected chi connectivity index (χ3v) is 7.09. The first kappa shape index (κ1) is 22.7. The first-order valence-corrected chi connectivity index (χ1v) is 12.6. The molecular weight excluding hydrogens is 468 g/mol. The number of nitrogens with one attached hydrogen (secondary N) is 3. The van der Waals surface area contributed by atoms with Crippen LogP contribution in [0.1, 0.15) is 36.0 Å². The van der Waals surface area contributed by atoms with E-state index in [-0.39, 0.29) is 5.78 Å². The second kappa shape index (κ2) is 10.5. The number of Topliss-reactive ketones (excluding diaryl/α,β-unsaturated/α-hetero) is 1. The summed E-state index contributed by atoms with van der Waals surface area (Å²) >= 11 is 7.94. The van der Waals surface area contributed by atoms with Crippen LogP contribution in [0.5, 0.6) is 0 Å². The summed E-state index contributed by atoms with van der Waals surface area (Å²) in [6.07, 6.45) is 5.36. The van der Waals surface area contributed by atoms with E-state index in [0.717, 1.165) is 53.9 Å². The zero-order valence-corrected chi connectivity index (χ0v) is 20.1. The monoisotopic (exact) mass is 492 g/mol. The summed E-state index contributed by atoms with van der Waals surface area (Å²) in [6.45, 7) is 2.10. The lowest BCUT2D eigenvalue weighted by Crippen LogP contribution is -2.27. The molecule has 174 valence electrons. The van der Waals surface area contributed by atoms with Gasteiger partial charge in [0, 0.05) is 23.4 Å². The largest absolute Gasteiger partial charge is 0.339 e. The molecule has 1 saturated heterocycles. The summed E-state index contributed by atoms with van der Waals surface area (Å²) in [6, 6.07) is 13.4. The minimum atomic E-state index is 0.164. The van der Waals surface area contributed by atoms with Gasteiger partial charge in [0.05, 0.1) is 21.9 Å². The maximum atomic E-state index is 12.8. The Morgan fingerprint density at radius 3 is 2.82 bits per heavy atom. The number of hydrogen-bond acceptors (Lipinski definition) is 8. The number of piperidine rings is 1. The van der Waals surface area contributed by atoms with Crippen molar-refractivity contribution in [3.05, 3.63) is 64.8 Å². The van der Waals surface area contributed by atoms with Crippen molar-refractivity contribution in [3.8, 4) is 0 Å². The average molecular weight is 493 g/mol. The van der Waals surface area contributed by atoms with Crippen LogP contribution in [-0.2, 0) is 0 Å². The zero-order chi connectivity index (χ0) is 23.3. The lowest BCUT2D eigenvalue weighted by atomic mass is 9.91. The molecule has 1 aliphatic heterocycles. The fourth-order valence-corrected chi connectivity index (χ4v) is 4.99. The van der Waals surface area contributed by atoms with Crippen molar-refractivity contribution in [1.29, 1.82) is 0 Å². The smallest absolute Gasteiger partial charge is 0.229 e. The summed E-state index contributed by atoms with van der Waals surface area (Å²) in [5, 5.41) is 10.2. The third kappa shape index (κ3) is 5.52. The number of thiazole rings is 1. The van der Waals surface area contributed by atoms with E-state index in [2.05, 4.69) is 30.9 Å². The molecule has 3 N–H and O–H groups in total. The Labute approximate surface area is 207 Å². The van der Waals surface area contributed by atoms with E-state index in [0.29, 0.717) is 34.7 Å². The van der Waals surface area contributed by atoms with E-state index in [9.17, 15) is 4.79 Å². The Kier molecular flexibility index (Phi) is 6.99. The van der Waals surface area contributed by atoms with Gasteiger partial charge in [-0.15, -0.1) is 11.3 Å². The van der Waals surface area contributed by atoms with E-state index in [4.69, 9.17) is 11.6 Å². The number of anilines is 4. The maximum Gasteiger partial charge on any atom is 0.229 e. The topological polar surface area (TPSA) is 91.8 Å². The first-order chi connectivity index (χ1) is 16.6. The van der Waals surface area contributed by atoms with Gasteiger partial charge in [0.15, 0.2) is 11.6 Å². The van der Waals surface area contributed by atoms with Crippen LogP contribution in [0.4, 0.5) is 23.1 Å². The molecule has 0 aliphatic carbocycles. The van der Waals surface area contributed by atoms with Gasteiger partial charge in [-0.2, -0.15) is 4.98 Å². The van der Waals surface area contributed by atoms with Crippen LogP contribution in [0.25, 0.3) is 10.2 Å². The zero-order valence-electron chi connectivity index (χ0n) is 18.6. The predicted octanol–water partition coefficient (Wildman–Crippen LogP) is 6.19. The van der Waals surface area contributed by atoms with Gasteiger partial charge in [0.2, 0.25) is 5.95 Å². The summed E-state index contributed by atoms with van der Waals surface area (Å²) in [4.78, 5) is 25.9. The van der Waals surface area contributed by atoms with Gasteiger partial charge in [-0.3, -0.25) is 4.79 Å². The summed E-state index contributed by atoms with van der Waals surface area (Å²) < 4.78 is 1.08. The molecule has 34 heavy (non-hydrogen) atoms. The van der Waals surface area contributed by atoms with Gasteiger partial charge >= 0.3 is 0 Å². The number of fused-ring (bicyclic) bond motifs is 1. The molecule has 0 amide bonds. The molecule has 2 aromatic carbocycles. The highest BCUT2D eigenvalue weighted by Gasteiger charge is 2.16. The van der Waals surface area contributed by atoms with Crippen molar-refractivity contribution in [1.82, 2.24) is 20.3 Å². The fourth-order valence-electron chi connectivity index (χ4n) is 4.13. The predicted molar refractivity (Wildman–Crippen MR) is 139 cm³/mol. The average Bonchev–Trinajstić information content (AvgIpc) is 3.33. The lowest BCUT2D eigenvalue weighted by Gasteiger charge is -2.22. The number of rotatable bonds is 8. The van der Waals surface area contributed by atoms with Gasteiger partial charge in [-0.05, 0) is 68.6 Å². The van der Waals surface area contributed by atoms with E-state index in [1.807, 2.05) is 48.0 Å². The Balaban J connectivity index is 1.26. The molecule has 0 radical (unpaired) electrons. The van der Waals surface area contributed by atoms with Crippen LogP contribution < -0.4 is 16.0 Å². The molecule has 0 spiro atoms. The van der Waals surface area contributed by atoms with Crippen molar-refractivity contribution in [3.63, 3.8) is 0 Å². The number of aromatic nitrogens is 3. The quantitative estimate of drug-likeness (QED) is 0.252. The molecule has 7 nitrogen and oxygen atoms in total. The Bertz CT molecular complexity index is 1300. The van der Waals surface area contributed by atoms with Crippen molar-refractivity contribution in [2.45, 2.75) is 25.7 Å². The van der Waals surface area contributed by atoms with Gasteiger partial charge in [0.25, 0.3) is 0 Å². The molecule has 3 heterocycles. The van der Waals surface area contributed by atoms with E-state index < -0.39 is 0 Å². The molecule has 1 aliphatic rings. The molecule has 0 bridgehead atoms. The maximum absolute atomic E-state index is 12.8. The number of carbonyl (C=O) groups is 1. The number of benzene rings is 2. The highest BCUT2D eigenvalue weighted by molar-refractivity contribution is 7.16. The van der Waals surface area contributed by atoms with Crippen molar-refractivity contribution in [2.75, 3.05) is 23.7 Å². The van der Waals surface area contributed by atoms with Crippen LogP contribution >= 0.6 is 22.9 Å². The number of ketones is 1. The van der Waals surface area contributed by atoms with E-state index in [1.54, 1.807) is 17.5 Å². The normalized spacial score (nSPS) is 14.3. The van der Waals surface area contributed by atoms with Crippen LogP contribution in [0.3, 0.4) is 0 Å². The van der Waals surface area contributed by atoms with Crippen LogP contribution in [0.15, 0.2) is 54.2 Å². The highest BCUT2D eigenvalue weighted by Crippen LogP contribution is 2.28. The molecule has 0 unspecified atom stereocenters. The summed E-state index contributed by atoms with van der Waals surface area (Å²) in [7, 11) is 0. The molecule has 1 fully saturated rings. The lowest BCUT2D eigenvalue weighted by molar-refractivity contribution is 0.0971. The number of nitrogens with zero attached hydrogens (tertiary/aromatic N) is 3. The molecule has 0 atom stereocenters. The SMILES string of the molecule is O=C(CCC1CCNCC1)c1cccc(Nc2nc(Nc3ccc4ncsc4c3)ncc2Cl)c1. The standard InChI is InChI=1S/C25H25ClN6OS/c26-20-14-28-25(31-19-5-6-21-23(13-19)34-15-29-21)32-24(20)30-18-3-1-2-17(12-18)22(33)7-4-16-8-10-27-11-9-16/h1-3,5-6,12-16,27H,4,7-11H2,(H2,28,30,31,32). The second-order valence-electron chi connectivity index (χ2n) is 8.41. The number of halogens is 1. The molecule has 9 heteroatoms. The summed E-state index contributed by atoms with van der Waals surface area (Å²) in [5.74, 6) is 1.69.